The Morgan fingerprint density at radius 2 is 2.05 bits per heavy atom. The van der Waals surface area contributed by atoms with Gasteiger partial charge in [0.05, 0.1) is 32.1 Å². The van der Waals surface area contributed by atoms with Crippen molar-refractivity contribution in [2.75, 3.05) is 32.3 Å². The van der Waals surface area contributed by atoms with Crippen molar-refractivity contribution in [3.05, 3.63) is 6.33 Å². The van der Waals surface area contributed by atoms with Gasteiger partial charge >= 0.3 is 12.7 Å². The second-order valence-electron chi connectivity index (χ2n) is 10.7. The summed E-state index contributed by atoms with van der Waals surface area (Å²) in [6, 6.07) is -1.08. The smallest absolute Gasteiger partial charge is 0.327 e. The van der Waals surface area contributed by atoms with E-state index in [1.807, 2.05) is 0 Å². The Morgan fingerprint density at radius 3 is 2.65 bits per heavy atom. The van der Waals surface area contributed by atoms with Crippen LogP contribution in [0.25, 0.3) is 11.2 Å². The van der Waals surface area contributed by atoms with Crippen LogP contribution >= 0.6 is 18.1 Å². The number of carbonyl (C=O) groups excluding carboxylic acids is 3. The lowest BCUT2D eigenvalue weighted by Crippen LogP contribution is -2.44. The van der Waals surface area contributed by atoms with Gasteiger partial charge in [-0.25, -0.2) is 10.1 Å². The number of esters is 1. The average Bonchev–Trinajstić information content (AvgIpc) is 3.53. The molecule has 43 heavy (non-hydrogen) atoms. The molecule has 2 aromatic heterocycles. The summed E-state index contributed by atoms with van der Waals surface area (Å²) in [6.45, 7) is 1.59. The fourth-order valence-corrected chi connectivity index (χ4v) is 8.67. The second-order valence-corrected chi connectivity index (χ2v) is 15.0. The first-order chi connectivity index (χ1) is 20.1. The normalized spacial score (nSPS) is 28.1. The molecular weight excluding hydrogens is 609 g/mol. The molecule has 4 rings (SSSR count). The van der Waals surface area contributed by atoms with Crippen LogP contribution < -0.4 is 15.6 Å². The quantitative estimate of drug-likeness (QED) is 0.137. The van der Waals surface area contributed by atoms with Crippen LogP contribution in [0.4, 0.5) is 5.95 Å². The Hall–Kier alpha value is -2.86. The van der Waals surface area contributed by atoms with Crippen LogP contribution in [0.15, 0.2) is 6.33 Å². The van der Waals surface area contributed by atoms with E-state index in [9.17, 15) is 29.2 Å². The van der Waals surface area contributed by atoms with E-state index in [4.69, 9.17) is 24.5 Å². The molecule has 0 bridgehead atoms. The zero-order valence-corrected chi connectivity index (χ0v) is 26.2. The molecule has 7 atom stereocenters. The third kappa shape index (κ3) is 6.79. The Morgan fingerprint density at radius 1 is 1.35 bits per heavy atom. The van der Waals surface area contributed by atoms with Gasteiger partial charge in [-0.1, -0.05) is 11.4 Å². The van der Waals surface area contributed by atoms with Crippen LogP contribution in [0.3, 0.4) is 0 Å². The zero-order valence-electron chi connectivity index (χ0n) is 24.5. The number of nitrogens with two attached hydrogens (primary N) is 1. The third-order valence-electron chi connectivity index (χ3n) is 6.99. The molecule has 2 aromatic rings. The van der Waals surface area contributed by atoms with Crippen molar-refractivity contribution in [1.29, 1.82) is 0 Å². The molecule has 0 saturated carbocycles. The SMILES string of the molecule is COc1nc(N)nc2c1ncn2C1O[C@H](CO[P@](=O)(N[C@@H](C)C(=O)OC(C)C)SCC2CC(=O)N(C)C2=O)[C@@H](O)[C@@]1(C)O. The molecule has 2 aliphatic rings. The van der Waals surface area contributed by atoms with Crippen LogP contribution in [0.1, 0.15) is 40.3 Å². The molecule has 4 heterocycles. The van der Waals surface area contributed by atoms with E-state index in [1.54, 1.807) is 13.8 Å². The molecule has 5 N–H and O–H groups in total. The summed E-state index contributed by atoms with van der Waals surface area (Å²) in [4.78, 5) is 50.2. The largest absolute Gasteiger partial charge is 0.479 e. The molecule has 2 saturated heterocycles. The van der Waals surface area contributed by atoms with Crippen molar-refractivity contribution in [3.63, 3.8) is 0 Å². The van der Waals surface area contributed by atoms with Gasteiger partial charge in [0, 0.05) is 19.2 Å². The van der Waals surface area contributed by atoms with Crippen LogP contribution in [0.5, 0.6) is 5.88 Å². The first-order valence-corrected chi connectivity index (χ1v) is 16.6. The number of aromatic nitrogens is 4. The number of amides is 2. The van der Waals surface area contributed by atoms with Crippen LogP contribution in [-0.2, 0) is 32.9 Å². The molecule has 0 aromatic carbocycles. The maximum absolute atomic E-state index is 14.0. The first kappa shape index (κ1) is 33.0. The maximum Gasteiger partial charge on any atom is 0.327 e. The number of aliphatic hydroxyl groups excluding tert-OH is 1. The topological polar surface area (TPSA) is 231 Å². The summed E-state index contributed by atoms with van der Waals surface area (Å²) in [7, 11) is 2.75. The van der Waals surface area contributed by atoms with Crippen LogP contribution in [0, 0.1) is 5.92 Å². The number of aliphatic hydroxyl groups is 2. The highest BCUT2D eigenvalue weighted by atomic mass is 32.7. The number of nitrogens with one attached hydrogen (secondary N) is 1. The number of nitrogen functional groups attached to an aromatic ring is 1. The highest BCUT2D eigenvalue weighted by molar-refractivity contribution is 8.56. The second kappa shape index (κ2) is 12.6. The number of methoxy groups -OCH3 is 1. The number of imidazole rings is 1. The number of imide groups is 1. The number of rotatable bonds is 12. The van der Waals surface area contributed by atoms with E-state index >= 15 is 0 Å². The highest BCUT2D eigenvalue weighted by Gasteiger charge is 2.54. The van der Waals surface area contributed by atoms with Crippen molar-refractivity contribution in [2.24, 2.45) is 5.92 Å². The van der Waals surface area contributed by atoms with Gasteiger partial charge in [-0.2, -0.15) is 9.97 Å². The third-order valence-corrected chi connectivity index (χ3v) is 11.2. The fraction of sp³-hybridized carbons (Fsp3) is 0.667. The molecule has 0 aliphatic carbocycles. The molecular formula is C24H36N7O10PS. The Kier molecular flexibility index (Phi) is 9.71. The van der Waals surface area contributed by atoms with E-state index in [0.29, 0.717) is 0 Å². The summed E-state index contributed by atoms with van der Waals surface area (Å²) in [6.07, 6.45) is -3.16. The van der Waals surface area contributed by atoms with Crippen LogP contribution in [-0.4, -0.2) is 109 Å². The molecule has 0 spiro atoms. The fourth-order valence-electron chi connectivity index (χ4n) is 4.66. The maximum atomic E-state index is 14.0. The predicted molar refractivity (Wildman–Crippen MR) is 153 cm³/mol. The van der Waals surface area contributed by atoms with Gasteiger partial charge in [0.1, 0.15) is 23.9 Å². The molecule has 19 heteroatoms. The number of ether oxygens (including phenoxy) is 3. The molecule has 0 radical (unpaired) electrons. The minimum Gasteiger partial charge on any atom is -0.479 e. The van der Waals surface area contributed by atoms with Crippen molar-refractivity contribution in [3.8, 4) is 5.88 Å². The average molecular weight is 646 g/mol. The van der Waals surface area contributed by atoms with Crippen molar-refractivity contribution < 1.29 is 47.9 Å². The number of carbonyl (C=O) groups is 3. The van der Waals surface area contributed by atoms with E-state index in [0.717, 1.165) is 16.3 Å². The summed E-state index contributed by atoms with van der Waals surface area (Å²) in [5, 5.41) is 24.9. The van der Waals surface area contributed by atoms with Gasteiger partial charge < -0.3 is 34.7 Å². The van der Waals surface area contributed by atoms with Crippen molar-refractivity contribution >= 4 is 53.0 Å². The Bertz CT molecular complexity index is 1440. The molecule has 238 valence electrons. The van der Waals surface area contributed by atoms with Gasteiger partial charge in [-0.15, -0.1) is 0 Å². The van der Waals surface area contributed by atoms with Gasteiger partial charge in [0.25, 0.3) is 0 Å². The molecule has 2 amide bonds. The van der Waals surface area contributed by atoms with E-state index in [1.165, 1.54) is 38.9 Å². The molecule has 2 unspecified atom stereocenters. The standard InChI is InChI=1S/C24H36N7O10PS/c1-11(2)40-21(35)12(3)29-42(37,43-9-13-7-15(32)30(5)20(13)34)39-8-14-17(33)24(4,36)22(41-14)31-10-26-16-18(31)27-23(25)28-19(16)38-6/h10-14,17,22,33,36H,7-9H2,1-6H3,(H,29,37)(H2,25,27,28)/t12-,13?,14+,17+,22?,24+,42+/m0/s1. The number of hydrogen-bond acceptors (Lipinski definition) is 15. The van der Waals surface area contributed by atoms with Gasteiger partial charge in [-0.3, -0.25) is 28.4 Å². The van der Waals surface area contributed by atoms with Crippen molar-refractivity contribution in [2.45, 2.75) is 70.3 Å². The molecule has 2 aliphatic heterocycles. The minimum absolute atomic E-state index is 0.0520. The minimum atomic E-state index is -4.01. The van der Waals surface area contributed by atoms with Crippen molar-refractivity contribution in [1.82, 2.24) is 29.5 Å². The van der Waals surface area contributed by atoms with E-state index in [-0.39, 0.29) is 41.1 Å². The summed E-state index contributed by atoms with van der Waals surface area (Å²) in [5.74, 6) is -2.27. The van der Waals surface area contributed by atoms with Crippen LogP contribution in [0.2, 0.25) is 0 Å². The Labute approximate surface area is 251 Å². The number of anilines is 1. The number of hydrogen-bond donors (Lipinski definition) is 4. The molecule has 2 fully saturated rings. The lowest BCUT2D eigenvalue weighted by Gasteiger charge is -2.27. The van der Waals surface area contributed by atoms with E-state index < -0.39 is 67.3 Å². The highest BCUT2D eigenvalue weighted by Crippen LogP contribution is 2.58. The summed E-state index contributed by atoms with van der Waals surface area (Å²) < 4.78 is 37.5. The predicted octanol–water partition coefficient (Wildman–Crippen LogP) is 0.219. The molecule has 17 nitrogen and oxygen atoms in total. The lowest BCUT2D eigenvalue weighted by atomic mass is 9.96. The zero-order chi connectivity index (χ0) is 31.9. The van der Waals surface area contributed by atoms with Gasteiger partial charge in [-0.05, 0) is 27.7 Å². The Balaban J connectivity index is 1.53. The van der Waals surface area contributed by atoms with Gasteiger partial charge in [0.15, 0.2) is 17.4 Å². The summed E-state index contributed by atoms with van der Waals surface area (Å²) in [5.41, 5.74) is 4.30. The first-order valence-electron chi connectivity index (χ1n) is 13.4. The monoisotopic (exact) mass is 645 g/mol. The number of likely N-dealkylation sites (tertiary alicyclic amines) is 1. The number of nitrogens with zero attached hydrogens (tertiary/aromatic N) is 5. The summed E-state index contributed by atoms with van der Waals surface area (Å²) >= 11 is 0.739. The van der Waals surface area contributed by atoms with E-state index in [2.05, 4.69) is 20.0 Å². The number of fused-ring (bicyclic) bond motifs is 1. The lowest BCUT2D eigenvalue weighted by molar-refractivity contribution is -0.149. The van der Waals surface area contributed by atoms with Gasteiger partial charge in [0.2, 0.25) is 23.6 Å².